The minimum absolute atomic E-state index is 0.0111. The summed E-state index contributed by atoms with van der Waals surface area (Å²) in [7, 11) is -3.81. The Balaban J connectivity index is 1.35. The molecular weight excluding hydrogens is 442 g/mol. The van der Waals surface area contributed by atoms with E-state index in [1.165, 1.54) is 18.4 Å². The van der Waals surface area contributed by atoms with Crippen LogP contribution in [-0.2, 0) is 21.4 Å². The molecule has 1 aliphatic heterocycles. The molecule has 1 aromatic heterocycles. The van der Waals surface area contributed by atoms with E-state index >= 15 is 0 Å². The van der Waals surface area contributed by atoms with Gasteiger partial charge >= 0.3 is 0 Å². The van der Waals surface area contributed by atoms with E-state index in [2.05, 4.69) is 10.0 Å². The Morgan fingerprint density at radius 2 is 1.73 bits per heavy atom. The molecule has 9 heteroatoms. The first kappa shape index (κ1) is 22.8. The number of nitrogens with zero attached hydrogens (tertiary/aromatic N) is 1. The standard InChI is InChI=1S/C24H25N3O5S/c28-23(26-20-7-2-1-3-8-20)18-11-13-27(14-12-18)24(29)19-6-4-10-22(16-19)33(30,31)25-17-21-9-5-15-32-21/h1-10,15-16,18,25H,11-14,17H2,(H,26,28). The maximum absolute atomic E-state index is 13.0. The van der Waals surface area contributed by atoms with Crippen LogP contribution in [0.2, 0.25) is 0 Å². The van der Waals surface area contributed by atoms with E-state index in [4.69, 9.17) is 4.42 Å². The third kappa shape index (κ3) is 5.68. The third-order valence-electron chi connectivity index (χ3n) is 5.60. The van der Waals surface area contributed by atoms with Crippen LogP contribution in [0.3, 0.4) is 0 Å². The second kappa shape index (κ2) is 10.0. The number of hydrogen-bond acceptors (Lipinski definition) is 5. The molecule has 0 atom stereocenters. The Bertz CT molecular complexity index is 1200. The van der Waals surface area contributed by atoms with Gasteiger partial charge in [0.15, 0.2) is 0 Å². The number of carbonyl (C=O) groups excluding carboxylic acids is 2. The van der Waals surface area contributed by atoms with Gasteiger partial charge in [-0.2, -0.15) is 0 Å². The van der Waals surface area contributed by atoms with Crippen molar-refractivity contribution in [2.45, 2.75) is 24.3 Å². The Labute approximate surface area is 192 Å². The molecule has 33 heavy (non-hydrogen) atoms. The maximum Gasteiger partial charge on any atom is 0.253 e. The first-order valence-corrected chi connectivity index (χ1v) is 12.2. The first-order chi connectivity index (χ1) is 15.9. The lowest BCUT2D eigenvalue weighted by atomic mass is 9.95. The van der Waals surface area contributed by atoms with E-state index in [1.54, 1.807) is 29.2 Å². The number of anilines is 1. The quantitative estimate of drug-likeness (QED) is 0.555. The number of para-hydroxylation sites is 1. The number of likely N-dealkylation sites (tertiary alicyclic amines) is 1. The zero-order chi connectivity index (χ0) is 23.3. The van der Waals surface area contributed by atoms with Gasteiger partial charge in [-0.05, 0) is 55.3 Å². The van der Waals surface area contributed by atoms with Crippen LogP contribution in [0.5, 0.6) is 0 Å². The van der Waals surface area contributed by atoms with Crippen molar-refractivity contribution in [1.29, 1.82) is 0 Å². The molecule has 2 heterocycles. The van der Waals surface area contributed by atoms with Gasteiger partial charge in [0.2, 0.25) is 15.9 Å². The molecule has 0 radical (unpaired) electrons. The summed E-state index contributed by atoms with van der Waals surface area (Å²) < 4.78 is 32.9. The second-order valence-corrected chi connectivity index (χ2v) is 9.62. The summed E-state index contributed by atoms with van der Waals surface area (Å²) in [6, 6.07) is 18.6. The molecule has 8 nitrogen and oxygen atoms in total. The van der Waals surface area contributed by atoms with E-state index in [9.17, 15) is 18.0 Å². The van der Waals surface area contributed by atoms with Gasteiger partial charge in [0.05, 0.1) is 17.7 Å². The van der Waals surface area contributed by atoms with Crippen molar-refractivity contribution in [2.24, 2.45) is 5.92 Å². The van der Waals surface area contributed by atoms with Crippen LogP contribution >= 0.6 is 0 Å². The first-order valence-electron chi connectivity index (χ1n) is 10.7. The highest BCUT2D eigenvalue weighted by Gasteiger charge is 2.28. The molecule has 2 aromatic carbocycles. The van der Waals surface area contributed by atoms with Crippen molar-refractivity contribution in [3.8, 4) is 0 Å². The van der Waals surface area contributed by atoms with Crippen molar-refractivity contribution in [1.82, 2.24) is 9.62 Å². The van der Waals surface area contributed by atoms with E-state index in [1.807, 2.05) is 30.3 Å². The average Bonchev–Trinajstić information content (AvgIpc) is 3.37. The SMILES string of the molecule is O=C(Nc1ccccc1)C1CCN(C(=O)c2cccc(S(=O)(=O)NCc3ccco3)c2)CC1. The number of rotatable bonds is 7. The highest BCUT2D eigenvalue weighted by molar-refractivity contribution is 7.89. The van der Waals surface area contributed by atoms with Gasteiger partial charge in [-0.25, -0.2) is 13.1 Å². The summed E-state index contributed by atoms with van der Waals surface area (Å²) in [5.74, 6) is 0.0146. The summed E-state index contributed by atoms with van der Waals surface area (Å²) in [5.41, 5.74) is 1.04. The number of nitrogens with one attached hydrogen (secondary N) is 2. The number of amides is 2. The van der Waals surface area contributed by atoms with E-state index in [0.717, 1.165) is 5.69 Å². The van der Waals surface area contributed by atoms with Gasteiger partial charge in [-0.15, -0.1) is 0 Å². The second-order valence-electron chi connectivity index (χ2n) is 7.85. The minimum Gasteiger partial charge on any atom is -0.468 e. The zero-order valence-electron chi connectivity index (χ0n) is 17.9. The molecule has 1 saturated heterocycles. The minimum atomic E-state index is -3.81. The lowest BCUT2D eigenvalue weighted by molar-refractivity contribution is -0.121. The summed E-state index contributed by atoms with van der Waals surface area (Å²) in [4.78, 5) is 27.2. The summed E-state index contributed by atoms with van der Waals surface area (Å²) in [5, 5.41) is 2.91. The van der Waals surface area contributed by atoms with Gasteiger partial charge in [0, 0.05) is 30.3 Å². The van der Waals surface area contributed by atoms with Crippen LogP contribution < -0.4 is 10.0 Å². The summed E-state index contributed by atoms with van der Waals surface area (Å²) in [6.07, 6.45) is 2.57. The Kier molecular flexibility index (Phi) is 6.90. The van der Waals surface area contributed by atoms with E-state index in [-0.39, 0.29) is 29.2 Å². The van der Waals surface area contributed by atoms with Gasteiger partial charge < -0.3 is 14.6 Å². The predicted molar refractivity (Wildman–Crippen MR) is 123 cm³/mol. The fourth-order valence-corrected chi connectivity index (χ4v) is 4.79. The normalized spacial score (nSPS) is 14.7. The maximum atomic E-state index is 13.0. The molecule has 3 aromatic rings. The van der Waals surface area contributed by atoms with Crippen LogP contribution in [0.15, 0.2) is 82.3 Å². The number of benzene rings is 2. The molecular formula is C24H25N3O5S. The number of carbonyl (C=O) groups is 2. The van der Waals surface area contributed by atoms with Crippen molar-refractivity contribution in [3.63, 3.8) is 0 Å². The van der Waals surface area contributed by atoms with Crippen molar-refractivity contribution in [2.75, 3.05) is 18.4 Å². The van der Waals surface area contributed by atoms with E-state index in [0.29, 0.717) is 37.3 Å². The van der Waals surface area contributed by atoms with Crippen LogP contribution in [0, 0.1) is 5.92 Å². The number of piperidine rings is 1. The lowest BCUT2D eigenvalue weighted by Gasteiger charge is -2.31. The molecule has 2 N–H and O–H groups in total. The van der Waals surface area contributed by atoms with Crippen LogP contribution in [0.4, 0.5) is 5.69 Å². The predicted octanol–water partition coefficient (Wildman–Crippen LogP) is 3.25. The van der Waals surface area contributed by atoms with Crippen LogP contribution in [0.1, 0.15) is 29.0 Å². The molecule has 1 aliphatic rings. The topological polar surface area (TPSA) is 109 Å². The Morgan fingerprint density at radius 3 is 2.42 bits per heavy atom. The lowest BCUT2D eigenvalue weighted by Crippen LogP contribution is -2.41. The molecule has 0 bridgehead atoms. The van der Waals surface area contributed by atoms with Crippen molar-refractivity contribution >= 4 is 27.5 Å². The summed E-state index contributed by atoms with van der Waals surface area (Å²) in [6.45, 7) is 0.880. The van der Waals surface area contributed by atoms with Gasteiger partial charge in [0.25, 0.3) is 5.91 Å². The molecule has 0 unspecified atom stereocenters. The molecule has 2 amide bonds. The Morgan fingerprint density at radius 1 is 0.970 bits per heavy atom. The molecule has 172 valence electrons. The monoisotopic (exact) mass is 467 g/mol. The number of sulfonamides is 1. The Hall–Kier alpha value is -3.43. The zero-order valence-corrected chi connectivity index (χ0v) is 18.8. The third-order valence-corrected chi connectivity index (χ3v) is 7.00. The molecule has 0 saturated carbocycles. The number of furan rings is 1. The average molecular weight is 468 g/mol. The fourth-order valence-electron chi connectivity index (χ4n) is 3.75. The highest BCUT2D eigenvalue weighted by atomic mass is 32.2. The highest BCUT2D eigenvalue weighted by Crippen LogP contribution is 2.22. The number of hydrogen-bond donors (Lipinski definition) is 2. The smallest absolute Gasteiger partial charge is 0.253 e. The van der Waals surface area contributed by atoms with E-state index < -0.39 is 10.0 Å². The molecule has 0 spiro atoms. The summed E-state index contributed by atoms with van der Waals surface area (Å²) >= 11 is 0. The largest absolute Gasteiger partial charge is 0.468 e. The van der Waals surface area contributed by atoms with Gasteiger partial charge in [0.1, 0.15) is 5.76 Å². The van der Waals surface area contributed by atoms with Gasteiger partial charge in [-0.1, -0.05) is 24.3 Å². The van der Waals surface area contributed by atoms with Crippen LogP contribution in [-0.4, -0.2) is 38.2 Å². The van der Waals surface area contributed by atoms with Gasteiger partial charge in [-0.3, -0.25) is 9.59 Å². The molecule has 0 aliphatic carbocycles. The van der Waals surface area contributed by atoms with Crippen molar-refractivity contribution in [3.05, 3.63) is 84.3 Å². The fraction of sp³-hybridized carbons (Fsp3) is 0.250. The molecule has 1 fully saturated rings. The van der Waals surface area contributed by atoms with Crippen LogP contribution in [0.25, 0.3) is 0 Å². The van der Waals surface area contributed by atoms with Crippen molar-refractivity contribution < 1.29 is 22.4 Å². The molecule has 4 rings (SSSR count).